The van der Waals surface area contributed by atoms with Crippen LogP contribution in [0.25, 0.3) is 0 Å². The molecule has 0 rings (SSSR count). The lowest BCUT2D eigenvalue weighted by Crippen LogP contribution is -2.30. The lowest BCUT2D eigenvalue weighted by Gasteiger charge is -2.18. The van der Waals surface area contributed by atoms with E-state index in [1.807, 2.05) is 0 Å². The van der Waals surface area contributed by atoms with Gasteiger partial charge >= 0.3 is 17.9 Å². The molecule has 0 aromatic carbocycles. The van der Waals surface area contributed by atoms with E-state index in [4.69, 9.17) is 14.2 Å². The van der Waals surface area contributed by atoms with Crippen LogP contribution in [0.2, 0.25) is 0 Å². The maximum Gasteiger partial charge on any atom is 0.306 e. The van der Waals surface area contributed by atoms with E-state index in [9.17, 15) is 14.4 Å². The summed E-state index contributed by atoms with van der Waals surface area (Å²) in [4.78, 5) is 38.0. The first-order valence-electron chi connectivity index (χ1n) is 27.2. The molecule has 0 radical (unpaired) electrons. The number of hydrogen-bond donors (Lipinski definition) is 0. The van der Waals surface area contributed by atoms with Gasteiger partial charge in [-0.3, -0.25) is 14.4 Å². The third-order valence-corrected chi connectivity index (χ3v) is 12.3. The molecule has 6 heteroatoms. The topological polar surface area (TPSA) is 78.9 Å². The van der Waals surface area contributed by atoms with E-state index < -0.39 is 6.10 Å². The monoisotopic (exact) mass is 861 g/mol. The molecule has 61 heavy (non-hydrogen) atoms. The summed E-state index contributed by atoms with van der Waals surface area (Å²) in [6.45, 7) is 6.66. The highest BCUT2D eigenvalue weighted by atomic mass is 16.6. The molecule has 1 atom stereocenters. The van der Waals surface area contributed by atoms with Crippen molar-refractivity contribution in [3.05, 3.63) is 12.2 Å². The van der Waals surface area contributed by atoms with Crippen molar-refractivity contribution in [2.45, 2.75) is 309 Å². The number of allylic oxidation sites excluding steroid dienone is 2. The van der Waals surface area contributed by atoms with Gasteiger partial charge < -0.3 is 14.2 Å². The fourth-order valence-electron chi connectivity index (χ4n) is 8.14. The zero-order valence-corrected chi connectivity index (χ0v) is 41.2. The van der Waals surface area contributed by atoms with Gasteiger partial charge in [-0.25, -0.2) is 0 Å². The Hall–Kier alpha value is -1.85. The number of rotatable bonds is 50. The highest BCUT2D eigenvalue weighted by Crippen LogP contribution is 2.16. The fraction of sp³-hybridized carbons (Fsp3) is 0.909. The summed E-state index contributed by atoms with van der Waals surface area (Å²) >= 11 is 0. The van der Waals surface area contributed by atoms with Gasteiger partial charge in [0.1, 0.15) is 13.2 Å². The third-order valence-electron chi connectivity index (χ3n) is 12.3. The SMILES string of the molecule is CCCCCCCCC/C=C\CCCCCC(=O)OC(COC(=O)CCCCCCCCCCCCCC)COC(=O)CCCCCCCCCCCCCCCCCCC. The average Bonchev–Trinajstić information content (AvgIpc) is 3.26. The highest BCUT2D eigenvalue weighted by Gasteiger charge is 2.19. The lowest BCUT2D eigenvalue weighted by atomic mass is 10.0. The maximum absolute atomic E-state index is 12.8. The van der Waals surface area contributed by atoms with E-state index in [1.165, 1.54) is 193 Å². The smallest absolute Gasteiger partial charge is 0.306 e. The van der Waals surface area contributed by atoms with Crippen LogP contribution in [0.4, 0.5) is 0 Å². The third kappa shape index (κ3) is 49.0. The summed E-state index contributed by atoms with van der Waals surface area (Å²) in [5.41, 5.74) is 0. The van der Waals surface area contributed by atoms with Crippen LogP contribution in [-0.4, -0.2) is 37.2 Å². The molecular weight excluding hydrogens is 757 g/mol. The van der Waals surface area contributed by atoms with Crippen LogP contribution < -0.4 is 0 Å². The second-order valence-corrected chi connectivity index (χ2v) is 18.5. The van der Waals surface area contributed by atoms with Crippen LogP contribution in [0.15, 0.2) is 12.2 Å². The normalized spacial score (nSPS) is 12.0. The Labute approximate surface area is 380 Å². The predicted molar refractivity (Wildman–Crippen MR) is 261 cm³/mol. The zero-order chi connectivity index (χ0) is 44.4. The van der Waals surface area contributed by atoms with Crippen molar-refractivity contribution in [3.8, 4) is 0 Å². The van der Waals surface area contributed by atoms with E-state index in [0.29, 0.717) is 19.3 Å². The molecule has 0 aromatic heterocycles. The largest absolute Gasteiger partial charge is 0.462 e. The van der Waals surface area contributed by atoms with Crippen LogP contribution in [0, 0.1) is 0 Å². The Bertz CT molecular complexity index is 947. The zero-order valence-electron chi connectivity index (χ0n) is 41.2. The van der Waals surface area contributed by atoms with Crippen molar-refractivity contribution in [2.24, 2.45) is 0 Å². The van der Waals surface area contributed by atoms with E-state index in [0.717, 1.165) is 70.6 Å². The molecule has 0 bridgehead atoms. The molecule has 360 valence electrons. The average molecular weight is 861 g/mol. The van der Waals surface area contributed by atoms with Crippen molar-refractivity contribution in [2.75, 3.05) is 13.2 Å². The Morgan fingerprint density at radius 3 is 0.836 bits per heavy atom. The van der Waals surface area contributed by atoms with Crippen LogP contribution >= 0.6 is 0 Å². The van der Waals surface area contributed by atoms with Crippen LogP contribution in [0.1, 0.15) is 303 Å². The van der Waals surface area contributed by atoms with Gasteiger partial charge in [0.2, 0.25) is 0 Å². The molecule has 0 spiro atoms. The van der Waals surface area contributed by atoms with E-state index in [1.54, 1.807) is 0 Å². The quantitative estimate of drug-likeness (QED) is 0.0262. The molecule has 0 aliphatic heterocycles. The molecule has 0 N–H and O–H groups in total. The van der Waals surface area contributed by atoms with Gasteiger partial charge in [-0.2, -0.15) is 0 Å². The number of carbonyl (C=O) groups excluding carboxylic acids is 3. The molecule has 6 nitrogen and oxygen atoms in total. The van der Waals surface area contributed by atoms with Gasteiger partial charge in [0.15, 0.2) is 6.10 Å². The summed E-state index contributed by atoms with van der Waals surface area (Å²) in [7, 11) is 0. The molecule has 0 amide bonds. The van der Waals surface area contributed by atoms with E-state index >= 15 is 0 Å². The second kappa shape index (κ2) is 50.8. The minimum absolute atomic E-state index is 0.0705. The lowest BCUT2D eigenvalue weighted by molar-refractivity contribution is -0.167. The molecule has 0 aliphatic carbocycles. The molecule has 1 unspecified atom stereocenters. The Kier molecular flexibility index (Phi) is 49.3. The highest BCUT2D eigenvalue weighted by molar-refractivity contribution is 5.71. The van der Waals surface area contributed by atoms with Gasteiger partial charge in [0.05, 0.1) is 0 Å². The molecule has 0 saturated carbocycles. The summed E-state index contributed by atoms with van der Waals surface area (Å²) < 4.78 is 16.8. The Morgan fingerprint density at radius 1 is 0.311 bits per heavy atom. The fourth-order valence-corrected chi connectivity index (χ4v) is 8.14. The van der Waals surface area contributed by atoms with Crippen LogP contribution in [-0.2, 0) is 28.6 Å². The first-order valence-corrected chi connectivity index (χ1v) is 27.2. The number of esters is 3. The number of carbonyl (C=O) groups is 3. The number of ether oxygens (including phenoxy) is 3. The van der Waals surface area contributed by atoms with Crippen molar-refractivity contribution in [3.63, 3.8) is 0 Å². The van der Waals surface area contributed by atoms with Crippen molar-refractivity contribution >= 4 is 17.9 Å². The van der Waals surface area contributed by atoms with Crippen LogP contribution in [0.3, 0.4) is 0 Å². The van der Waals surface area contributed by atoms with Crippen molar-refractivity contribution in [1.82, 2.24) is 0 Å². The minimum Gasteiger partial charge on any atom is -0.462 e. The molecule has 0 aliphatic rings. The summed E-state index contributed by atoms with van der Waals surface area (Å²) in [5.74, 6) is -0.867. The van der Waals surface area contributed by atoms with Gasteiger partial charge in [-0.1, -0.05) is 251 Å². The molecule has 0 heterocycles. The van der Waals surface area contributed by atoms with Gasteiger partial charge in [-0.05, 0) is 44.9 Å². The first kappa shape index (κ1) is 59.1. The first-order chi connectivity index (χ1) is 30.0. The minimum atomic E-state index is -0.771. The van der Waals surface area contributed by atoms with E-state index in [2.05, 4.69) is 32.9 Å². The molecule has 0 aromatic rings. The van der Waals surface area contributed by atoms with Crippen molar-refractivity contribution < 1.29 is 28.6 Å². The summed E-state index contributed by atoms with van der Waals surface area (Å²) in [5, 5.41) is 0. The maximum atomic E-state index is 12.8. The van der Waals surface area contributed by atoms with Crippen LogP contribution in [0.5, 0.6) is 0 Å². The second-order valence-electron chi connectivity index (χ2n) is 18.5. The number of hydrogen-bond acceptors (Lipinski definition) is 6. The molecule has 0 saturated heterocycles. The van der Waals surface area contributed by atoms with E-state index in [-0.39, 0.29) is 31.1 Å². The molecule has 0 fully saturated rings. The van der Waals surface area contributed by atoms with Gasteiger partial charge in [0, 0.05) is 19.3 Å². The Morgan fingerprint density at radius 2 is 0.541 bits per heavy atom. The Balaban J connectivity index is 4.31. The summed E-state index contributed by atoms with van der Waals surface area (Å²) in [6.07, 6.45) is 56.2. The molecular formula is C55H104O6. The van der Waals surface area contributed by atoms with Crippen molar-refractivity contribution in [1.29, 1.82) is 0 Å². The van der Waals surface area contributed by atoms with Gasteiger partial charge in [-0.15, -0.1) is 0 Å². The number of unbranched alkanes of at least 4 members (excludes halogenated alkanes) is 37. The summed E-state index contributed by atoms with van der Waals surface area (Å²) in [6, 6.07) is 0. The standard InChI is InChI=1S/C55H104O6/c1-4-7-10-13-16-19-22-25-27-28-29-31-33-36-39-42-45-48-54(57)60-51-52(50-59-53(56)47-44-41-38-35-32-24-21-18-15-12-9-6-3)61-55(58)49-46-43-40-37-34-30-26-23-20-17-14-11-8-5-2/h30,34,52H,4-29,31-33,35-51H2,1-3H3/b34-30-. The van der Waals surface area contributed by atoms with Gasteiger partial charge in [0.25, 0.3) is 0 Å². The predicted octanol–water partition coefficient (Wildman–Crippen LogP) is 17.8.